The molecule has 2 nitrogen and oxygen atoms in total. The summed E-state index contributed by atoms with van der Waals surface area (Å²) >= 11 is 1.77. The van der Waals surface area contributed by atoms with Crippen molar-refractivity contribution in [3.05, 3.63) is 0 Å². The zero-order valence-electron chi connectivity index (χ0n) is 5.92. The van der Waals surface area contributed by atoms with Crippen molar-refractivity contribution in [3.8, 4) is 0 Å². The third-order valence-corrected chi connectivity index (χ3v) is 3.52. The van der Waals surface area contributed by atoms with Crippen molar-refractivity contribution >= 4 is 22.8 Å². The van der Waals surface area contributed by atoms with Crippen LogP contribution in [0.1, 0.15) is 25.7 Å². The number of hydrogen-bond donors (Lipinski definition) is 1. The summed E-state index contributed by atoms with van der Waals surface area (Å²) < 4.78 is 0.808. The molecule has 0 aromatic heterocycles. The summed E-state index contributed by atoms with van der Waals surface area (Å²) in [4.78, 5) is 10.5. The van der Waals surface area contributed by atoms with Crippen molar-refractivity contribution in [1.29, 1.82) is 0 Å². The summed E-state index contributed by atoms with van der Waals surface area (Å²) in [6, 6.07) is 0. The van der Waals surface area contributed by atoms with E-state index in [1.165, 1.54) is 0 Å². The molecule has 0 aliphatic heterocycles. The van der Waals surface area contributed by atoms with Gasteiger partial charge in [0.25, 0.3) is 0 Å². The Kier molecular flexibility index (Phi) is 2.79. The van der Waals surface area contributed by atoms with Crippen molar-refractivity contribution < 1.29 is 9.90 Å². The van der Waals surface area contributed by atoms with Gasteiger partial charge >= 0.3 is 69.0 Å². The molecule has 1 N–H and O–H groups in total. The average molecular weight is 204 g/mol. The zero-order chi connectivity index (χ0) is 7.56. The second-order valence-corrected chi connectivity index (χ2v) is 4.93. The molecule has 0 heterocycles. The summed E-state index contributed by atoms with van der Waals surface area (Å²) in [6.45, 7) is 0. The van der Waals surface area contributed by atoms with Crippen LogP contribution in [0.2, 0.25) is 4.71 Å². The Hall–Kier alpha value is 0.0284. The van der Waals surface area contributed by atoms with Crippen molar-refractivity contribution in [2.45, 2.75) is 30.4 Å². The van der Waals surface area contributed by atoms with Crippen molar-refractivity contribution in [2.24, 2.45) is 5.92 Å². The number of carbonyl (C=O) groups is 1. The summed E-state index contributed by atoms with van der Waals surface area (Å²) in [5.41, 5.74) is 0. The van der Waals surface area contributed by atoms with E-state index in [9.17, 15) is 4.79 Å². The van der Waals surface area contributed by atoms with E-state index in [0.29, 0.717) is 0 Å². The van der Waals surface area contributed by atoms with Gasteiger partial charge in [-0.15, -0.1) is 0 Å². The minimum atomic E-state index is -0.598. The summed E-state index contributed by atoms with van der Waals surface area (Å²) in [7, 11) is 0. The molecular weight excluding hydrogens is 191 g/mol. The fourth-order valence-corrected chi connectivity index (χ4v) is 2.17. The quantitative estimate of drug-likeness (QED) is 0.638. The van der Waals surface area contributed by atoms with Gasteiger partial charge in [0.1, 0.15) is 0 Å². The van der Waals surface area contributed by atoms with Gasteiger partial charge in [-0.1, -0.05) is 0 Å². The molecule has 10 heavy (non-hydrogen) atoms. The second kappa shape index (κ2) is 3.43. The van der Waals surface area contributed by atoms with Crippen LogP contribution in [-0.4, -0.2) is 27.9 Å². The molecule has 1 fully saturated rings. The van der Waals surface area contributed by atoms with Crippen molar-refractivity contribution in [2.75, 3.05) is 0 Å². The molecule has 1 rings (SSSR count). The predicted molar refractivity (Wildman–Crippen MR) is 41.9 cm³/mol. The number of aliphatic carboxylic acids is 1. The Bertz CT molecular complexity index is 128. The third-order valence-electron chi connectivity index (χ3n) is 2.12. The molecule has 1 atom stereocenters. The van der Waals surface area contributed by atoms with Crippen LogP contribution in [0, 0.1) is 5.92 Å². The first-order valence-corrected chi connectivity index (χ1v) is 5.08. The van der Waals surface area contributed by atoms with Gasteiger partial charge in [-0.25, -0.2) is 0 Å². The molecular formula is C7H13AsO2. The van der Waals surface area contributed by atoms with E-state index in [1.807, 2.05) is 0 Å². The molecule has 58 valence electrons. The number of rotatable bonds is 1. The van der Waals surface area contributed by atoms with Gasteiger partial charge in [-0.05, 0) is 0 Å². The van der Waals surface area contributed by atoms with Gasteiger partial charge < -0.3 is 0 Å². The molecule has 0 aromatic rings. The Labute approximate surface area is 69.5 Å². The standard InChI is InChI=1S/C7H13AsO2/c8-6-3-1-5(2-4-6)7(9)10/h5-6H,1-4,8H2,(H,9,10)/t5-,6+. The predicted octanol–water partition coefficient (Wildman–Crippen LogP) is 0.683. The van der Waals surface area contributed by atoms with Crippen LogP contribution in [-0.2, 0) is 4.79 Å². The summed E-state index contributed by atoms with van der Waals surface area (Å²) in [5, 5.41) is 8.63. The first-order valence-electron chi connectivity index (χ1n) is 3.68. The fraction of sp³-hybridized carbons (Fsp3) is 0.857. The van der Waals surface area contributed by atoms with Crippen LogP contribution >= 0.6 is 0 Å². The van der Waals surface area contributed by atoms with E-state index in [4.69, 9.17) is 5.11 Å². The van der Waals surface area contributed by atoms with E-state index >= 15 is 0 Å². The van der Waals surface area contributed by atoms with E-state index in [-0.39, 0.29) is 5.92 Å². The second-order valence-electron chi connectivity index (χ2n) is 2.95. The van der Waals surface area contributed by atoms with Crippen LogP contribution < -0.4 is 0 Å². The number of hydrogen-bond acceptors (Lipinski definition) is 1. The van der Waals surface area contributed by atoms with E-state index in [0.717, 1.165) is 30.4 Å². The monoisotopic (exact) mass is 204 g/mol. The number of carboxylic acids is 1. The zero-order valence-corrected chi connectivity index (χ0v) is 8.34. The molecule has 1 unspecified atom stereocenters. The molecule has 0 saturated heterocycles. The first kappa shape index (κ1) is 8.13. The maximum atomic E-state index is 10.5. The topological polar surface area (TPSA) is 37.3 Å². The van der Waals surface area contributed by atoms with E-state index < -0.39 is 5.97 Å². The summed E-state index contributed by atoms with van der Waals surface area (Å²) in [5.74, 6) is -0.633. The normalized spacial score (nSPS) is 33.7. The van der Waals surface area contributed by atoms with Crippen LogP contribution in [0.5, 0.6) is 0 Å². The molecule has 0 aromatic carbocycles. The molecule has 0 spiro atoms. The molecule has 0 radical (unpaired) electrons. The van der Waals surface area contributed by atoms with Gasteiger partial charge in [0, 0.05) is 0 Å². The Morgan fingerprint density at radius 1 is 1.30 bits per heavy atom. The number of carboxylic acid groups (broad SMARTS) is 1. The van der Waals surface area contributed by atoms with Gasteiger partial charge in [0.05, 0.1) is 0 Å². The molecule has 1 saturated carbocycles. The van der Waals surface area contributed by atoms with Crippen LogP contribution in [0.4, 0.5) is 0 Å². The minimum absolute atomic E-state index is 0.0352. The first-order chi connectivity index (χ1) is 4.70. The molecule has 3 heteroatoms. The van der Waals surface area contributed by atoms with Crippen LogP contribution in [0.25, 0.3) is 0 Å². The maximum absolute atomic E-state index is 10.5. The molecule has 0 amide bonds. The van der Waals surface area contributed by atoms with Crippen LogP contribution in [0.3, 0.4) is 0 Å². The molecule has 1 aliphatic carbocycles. The van der Waals surface area contributed by atoms with Gasteiger partial charge in [0.2, 0.25) is 0 Å². The molecule has 1 aliphatic rings. The van der Waals surface area contributed by atoms with Crippen LogP contribution in [0.15, 0.2) is 0 Å². The SMILES string of the molecule is O=C(O)[C@H]1CC[C@@H]([AsH2])CC1. The van der Waals surface area contributed by atoms with Gasteiger partial charge in [-0.2, -0.15) is 0 Å². The molecule has 0 bridgehead atoms. The van der Waals surface area contributed by atoms with Crippen molar-refractivity contribution in [3.63, 3.8) is 0 Å². The summed E-state index contributed by atoms with van der Waals surface area (Å²) in [6.07, 6.45) is 4.05. The van der Waals surface area contributed by atoms with Gasteiger partial charge in [0.15, 0.2) is 0 Å². The Morgan fingerprint density at radius 3 is 2.20 bits per heavy atom. The Balaban J connectivity index is 2.33. The Morgan fingerprint density at radius 2 is 1.80 bits per heavy atom. The average Bonchev–Trinajstić information content (AvgIpc) is 1.88. The van der Waals surface area contributed by atoms with E-state index in [2.05, 4.69) is 0 Å². The van der Waals surface area contributed by atoms with E-state index in [1.54, 1.807) is 16.9 Å². The van der Waals surface area contributed by atoms with Gasteiger partial charge in [-0.3, -0.25) is 0 Å². The third kappa shape index (κ3) is 2.02. The van der Waals surface area contributed by atoms with Crippen molar-refractivity contribution in [1.82, 2.24) is 0 Å². The fourth-order valence-electron chi connectivity index (χ4n) is 1.37.